The van der Waals surface area contributed by atoms with Gasteiger partial charge in [0.15, 0.2) is 0 Å². The SMILES string of the molecule is O=C(Nc1cc(S(=O)(=O)N2CCOCC2)ccc1N1CCCCCC1)c1cnns1. The zero-order valence-electron chi connectivity index (χ0n) is 16.6. The maximum atomic E-state index is 13.1. The number of morpholine rings is 1. The van der Waals surface area contributed by atoms with E-state index in [4.69, 9.17) is 4.74 Å². The van der Waals surface area contributed by atoms with Gasteiger partial charge in [-0.3, -0.25) is 4.79 Å². The first-order valence-electron chi connectivity index (χ1n) is 10.1. The van der Waals surface area contributed by atoms with Crippen molar-refractivity contribution in [2.75, 3.05) is 49.6 Å². The maximum Gasteiger partial charge on any atom is 0.269 e. The quantitative estimate of drug-likeness (QED) is 0.743. The molecule has 1 amide bonds. The molecular formula is C19H25N5O4S2. The minimum atomic E-state index is -3.67. The average molecular weight is 452 g/mol. The standard InChI is InChI=1S/C19H25N5O4S2/c25-19(18-14-20-22-29-18)21-16-13-15(30(26,27)24-9-11-28-12-10-24)5-6-17(16)23-7-3-1-2-4-8-23/h5-6,13-14H,1-4,7-12H2,(H,21,25). The second kappa shape index (κ2) is 9.38. The van der Waals surface area contributed by atoms with E-state index in [0.29, 0.717) is 36.9 Å². The van der Waals surface area contributed by atoms with E-state index in [9.17, 15) is 13.2 Å². The van der Waals surface area contributed by atoms with E-state index in [0.717, 1.165) is 43.2 Å². The van der Waals surface area contributed by atoms with Crippen molar-refractivity contribution in [3.05, 3.63) is 29.3 Å². The molecule has 11 heteroatoms. The minimum Gasteiger partial charge on any atom is -0.379 e. The van der Waals surface area contributed by atoms with E-state index < -0.39 is 10.0 Å². The average Bonchev–Trinajstić information content (AvgIpc) is 3.18. The van der Waals surface area contributed by atoms with Gasteiger partial charge >= 0.3 is 0 Å². The number of ether oxygens (including phenoxy) is 1. The molecule has 1 aromatic carbocycles. The number of amides is 1. The third kappa shape index (κ3) is 4.64. The van der Waals surface area contributed by atoms with Crippen LogP contribution in [0.1, 0.15) is 35.4 Å². The summed E-state index contributed by atoms with van der Waals surface area (Å²) < 4.78 is 36.7. The summed E-state index contributed by atoms with van der Waals surface area (Å²) in [4.78, 5) is 15.4. The van der Waals surface area contributed by atoms with Gasteiger partial charge in [-0.2, -0.15) is 4.31 Å². The minimum absolute atomic E-state index is 0.167. The second-order valence-electron chi connectivity index (χ2n) is 7.33. The van der Waals surface area contributed by atoms with Crippen LogP contribution < -0.4 is 10.2 Å². The van der Waals surface area contributed by atoms with E-state index in [-0.39, 0.29) is 10.8 Å². The number of benzene rings is 1. The first kappa shape index (κ1) is 21.2. The second-order valence-corrected chi connectivity index (χ2v) is 10.1. The van der Waals surface area contributed by atoms with Crippen LogP contribution in [0.2, 0.25) is 0 Å². The molecule has 9 nitrogen and oxygen atoms in total. The lowest BCUT2D eigenvalue weighted by molar-refractivity contribution is 0.0730. The van der Waals surface area contributed by atoms with Gasteiger partial charge in [-0.25, -0.2) is 8.42 Å². The van der Waals surface area contributed by atoms with Crippen LogP contribution in [0, 0.1) is 0 Å². The van der Waals surface area contributed by atoms with Crippen LogP contribution in [0.3, 0.4) is 0 Å². The number of sulfonamides is 1. The highest BCUT2D eigenvalue weighted by Gasteiger charge is 2.28. The van der Waals surface area contributed by atoms with E-state index in [2.05, 4.69) is 19.8 Å². The van der Waals surface area contributed by atoms with Crippen LogP contribution >= 0.6 is 11.5 Å². The first-order chi connectivity index (χ1) is 14.6. The summed E-state index contributed by atoms with van der Waals surface area (Å²) in [6, 6.07) is 5.01. The van der Waals surface area contributed by atoms with Crippen molar-refractivity contribution >= 4 is 38.8 Å². The Kier molecular flexibility index (Phi) is 6.61. The Hall–Kier alpha value is -2.08. The predicted molar refractivity (Wildman–Crippen MR) is 115 cm³/mol. The molecule has 2 saturated heterocycles. The highest BCUT2D eigenvalue weighted by molar-refractivity contribution is 7.89. The number of hydrogen-bond donors (Lipinski definition) is 1. The Morgan fingerprint density at radius 2 is 1.80 bits per heavy atom. The number of nitrogens with one attached hydrogen (secondary N) is 1. The lowest BCUT2D eigenvalue weighted by atomic mass is 10.2. The van der Waals surface area contributed by atoms with Crippen molar-refractivity contribution in [2.24, 2.45) is 0 Å². The van der Waals surface area contributed by atoms with Gasteiger partial charge in [-0.15, -0.1) is 5.10 Å². The molecule has 2 aromatic rings. The van der Waals surface area contributed by atoms with Crippen LogP contribution in [-0.2, 0) is 14.8 Å². The van der Waals surface area contributed by atoms with Crippen molar-refractivity contribution in [1.82, 2.24) is 13.9 Å². The summed E-state index contributed by atoms with van der Waals surface area (Å²) in [5.74, 6) is -0.345. The van der Waals surface area contributed by atoms with Crippen LogP contribution in [0.4, 0.5) is 11.4 Å². The number of anilines is 2. The van der Waals surface area contributed by atoms with Gasteiger partial charge in [0.25, 0.3) is 5.91 Å². The number of aromatic nitrogens is 2. The van der Waals surface area contributed by atoms with Gasteiger partial charge in [-0.05, 0) is 42.6 Å². The van der Waals surface area contributed by atoms with E-state index in [1.54, 1.807) is 18.2 Å². The molecule has 30 heavy (non-hydrogen) atoms. The molecule has 0 radical (unpaired) electrons. The lowest BCUT2D eigenvalue weighted by Gasteiger charge is -2.28. The van der Waals surface area contributed by atoms with Crippen molar-refractivity contribution in [1.29, 1.82) is 0 Å². The third-order valence-electron chi connectivity index (χ3n) is 5.36. The molecule has 0 saturated carbocycles. The molecule has 0 aliphatic carbocycles. The van der Waals surface area contributed by atoms with E-state index in [1.807, 2.05) is 0 Å². The Morgan fingerprint density at radius 1 is 1.07 bits per heavy atom. The number of rotatable bonds is 5. The van der Waals surface area contributed by atoms with Crippen molar-refractivity contribution < 1.29 is 17.9 Å². The molecule has 0 bridgehead atoms. The van der Waals surface area contributed by atoms with Crippen molar-refractivity contribution in [2.45, 2.75) is 30.6 Å². The molecule has 162 valence electrons. The highest BCUT2D eigenvalue weighted by atomic mass is 32.2. The molecular weight excluding hydrogens is 426 g/mol. The molecule has 2 aliphatic rings. The number of carbonyl (C=O) groups is 1. The molecule has 1 N–H and O–H groups in total. The fourth-order valence-corrected chi connectivity index (χ4v) is 5.60. The number of hydrogen-bond acceptors (Lipinski definition) is 8. The fraction of sp³-hybridized carbons (Fsp3) is 0.526. The zero-order chi connectivity index (χ0) is 21.0. The van der Waals surface area contributed by atoms with Gasteiger partial charge in [-0.1, -0.05) is 17.3 Å². The fourth-order valence-electron chi connectivity index (χ4n) is 3.75. The normalized spacial score (nSPS) is 18.7. The molecule has 4 rings (SSSR count). The van der Waals surface area contributed by atoms with Crippen LogP contribution in [-0.4, -0.2) is 67.6 Å². The van der Waals surface area contributed by atoms with E-state index >= 15 is 0 Å². The Labute approximate surface area is 180 Å². The topological polar surface area (TPSA) is 105 Å². The largest absolute Gasteiger partial charge is 0.379 e. The van der Waals surface area contributed by atoms with Crippen molar-refractivity contribution in [3.8, 4) is 0 Å². The van der Waals surface area contributed by atoms with Gasteiger partial charge in [0.2, 0.25) is 10.0 Å². The zero-order valence-corrected chi connectivity index (χ0v) is 18.3. The molecule has 2 aliphatic heterocycles. The summed E-state index contributed by atoms with van der Waals surface area (Å²) >= 11 is 1.00. The summed E-state index contributed by atoms with van der Waals surface area (Å²) in [6.45, 7) is 3.16. The van der Waals surface area contributed by atoms with Crippen LogP contribution in [0.5, 0.6) is 0 Å². The number of carbonyl (C=O) groups excluding carboxylic acids is 1. The molecule has 0 unspecified atom stereocenters. The smallest absolute Gasteiger partial charge is 0.269 e. The Bertz CT molecular complexity index is 967. The molecule has 0 spiro atoms. The molecule has 1 aromatic heterocycles. The summed E-state index contributed by atoms with van der Waals surface area (Å²) in [5, 5.41) is 6.60. The predicted octanol–water partition coefficient (Wildman–Crippen LogP) is 2.19. The summed E-state index contributed by atoms with van der Waals surface area (Å²) in [6.07, 6.45) is 5.89. The monoisotopic (exact) mass is 451 g/mol. The molecule has 0 atom stereocenters. The molecule has 3 heterocycles. The summed E-state index contributed by atoms with van der Waals surface area (Å²) in [7, 11) is -3.67. The van der Waals surface area contributed by atoms with Gasteiger partial charge in [0, 0.05) is 26.2 Å². The van der Waals surface area contributed by atoms with E-state index in [1.165, 1.54) is 23.3 Å². The van der Waals surface area contributed by atoms with Crippen LogP contribution in [0.15, 0.2) is 29.3 Å². The van der Waals surface area contributed by atoms with Gasteiger partial charge in [0.1, 0.15) is 4.88 Å². The number of nitrogens with zero attached hydrogens (tertiary/aromatic N) is 4. The molecule has 2 fully saturated rings. The lowest BCUT2D eigenvalue weighted by Crippen LogP contribution is -2.40. The Balaban J connectivity index is 1.68. The third-order valence-corrected chi connectivity index (χ3v) is 7.91. The van der Waals surface area contributed by atoms with Gasteiger partial charge in [0.05, 0.1) is 35.7 Å². The highest BCUT2D eigenvalue weighted by Crippen LogP contribution is 2.32. The summed E-state index contributed by atoms with van der Waals surface area (Å²) in [5.41, 5.74) is 1.33. The maximum absolute atomic E-state index is 13.1. The van der Waals surface area contributed by atoms with Crippen LogP contribution in [0.25, 0.3) is 0 Å². The first-order valence-corrected chi connectivity index (χ1v) is 12.3. The van der Waals surface area contributed by atoms with Crippen molar-refractivity contribution in [3.63, 3.8) is 0 Å². The van der Waals surface area contributed by atoms with Gasteiger partial charge < -0.3 is 15.0 Å². The Morgan fingerprint density at radius 3 is 2.47 bits per heavy atom.